The Morgan fingerprint density at radius 3 is 2.59 bits per heavy atom. The zero-order chi connectivity index (χ0) is 15.9. The molecular weight excluding hydrogens is 296 g/mol. The molecule has 0 saturated heterocycles. The Labute approximate surface area is 136 Å². The molecule has 0 radical (unpaired) electrons. The second kappa shape index (κ2) is 8.22. The fourth-order valence-electron chi connectivity index (χ4n) is 2.84. The minimum Gasteiger partial charge on any atom is -0.349 e. The van der Waals surface area contributed by atoms with Crippen molar-refractivity contribution in [1.82, 2.24) is 5.32 Å². The monoisotopic (exact) mass is 320 g/mol. The number of carbonyl (C=O) groups excluding carboxylic acids is 2. The highest BCUT2D eigenvalue weighted by molar-refractivity contribution is 7.99. The second-order valence-corrected chi connectivity index (χ2v) is 7.25. The summed E-state index contributed by atoms with van der Waals surface area (Å²) in [7, 11) is 0. The number of nitrogens with one attached hydrogen (secondary N) is 2. The van der Waals surface area contributed by atoms with Crippen molar-refractivity contribution < 1.29 is 9.59 Å². The first-order valence-corrected chi connectivity index (χ1v) is 8.93. The summed E-state index contributed by atoms with van der Waals surface area (Å²) in [6.07, 6.45) is 4.57. The van der Waals surface area contributed by atoms with Crippen LogP contribution in [0.5, 0.6) is 0 Å². The first kappa shape index (κ1) is 16.9. The van der Waals surface area contributed by atoms with Crippen LogP contribution in [0.4, 0.5) is 5.69 Å². The van der Waals surface area contributed by atoms with Gasteiger partial charge in [-0.1, -0.05) is 13.3 Å². The van der Waals surface area contributed by atoms with Crippen molar-refractivity contribution in [3.05, 3.63) is 29.8 Å². The minimum absolute atomic E-state index is 0.0264. The molecule has 1 aromatic carbocycles. The molecular formula is C17H24N2O2S. The maximum Gasteiger partial charge on any atom is 0.251 e. The van der Waals surface area contributed by atoms with Crippen LogP contribution < -0.4 is 10.6 Å². The lowest BCUT2D eigenvalue weighted by Gasteiger charge is -2.29. The van der Waals surface area contributed by atoms with Gasteiger partial charge in [0.2, 0.25) is 5.91 Å². The van der Waals surface area contributed by atoms with Crippen LogP contribution in [-0.2, 0) is 4.79 Å². The van der Waals surface area contributed by atoms with Crippen LogP contribution in [-0.4, -0.2) is 28.9 Å². The third-order valence-corrected chi connectivity index (χ3v) is 5.06. The van der Waals surface area contributed by atoms with E-state index in [2.05, 4.69) is 17.6 Å². The van der Waals surface area contributed by atoms with Crippen LogP contribution in [0.3, 0.4) is 0 Å². The Morgan fingerprint density at radius 1 is 1.23 bits per heavy atom. The average molecular weight is 320 g/mol. The van der Waals surface area contributed by atoms with Crippen molar-refractivity contribution in [3.8, 4) is 0 Å². The topological polar surface area (TPSA) is 58.2 Å². The van der Waals surface area contributed by atoms with E-state index in [0.29, 0.717) is 16.5 Å². The first-order valence-electron chi connectivity index (χ1n) is 7.88. The smallest absolute Gasteiger partial charge is 0.251 e. The normalized spacial score (nSPS) is 21.2. The number of hydrogen-bond donors (Lipinski definition) is 2. The van der Waals surface area contributed by atoms with Crippen LogP contribution in [0.2, 0.25) is 0 Å². The van der Waals surface area contributed by atoms with Crippen LogP contribution in [0.25, 0.3) is 0 Å². The average Bonchev–Trinajstić information content (AvgIpc) is 2.48. The molecule has 0 aliphatic heterocycles. The molecule has 22 heavy (non-hydrogen) atoms. The summed E-state index contributed by atoms with van der Waals surface area (Å²) in [6.45, 7) is 3.65. The van der Waals surface area contributed by atoms with Crippen LogP contribution in [0.1, 0.15) is 49.9 Å². The summed E-state index contributed by atoms with van der Waals surface area (Å²) in [4.78, 5) is 23.3. The van der Waals surface area contributed by atoms with Gasteiger partial charge in [0.25, 0.3) is 5.91 Å². The predicted molar refractivity (Wildman–Crippen MR) is 92.4 cm³/mol. The zero-order valence-corrected chi connectivity index (χ0v) is 14.0. The van der Waals surface area contributed by atoms with E-state index in [1.807, 2.05) is 11.8 Å². The molecule has 0 bridgehead atoms. The lowest BCUT2D eigenvalue weighted by molar-refractivity contribution is -0.114. The Morgan fingerprint density at radius 2 is 1.95 bits per heavy atom. The molecule has 0 heterocycles. The molecule has 1 fully saturated rings. The van der Waals surface area contributed by atoms with E-state index in [4.69, 9.17) is 0 Å². The third kappa shape index (κ3) is 5.05. The highest BCUT2D eigenvalue weighted by atomic mass is 32.2. The van der Waals surface area contributed by atoms with Crippen molar-refractivity contribution in [2.45, 2.75) is 50.8 Å². The van der Waals surface area contributed by atoms with E-state index >= 15 is 0 Å². The molecule has 0 unspecified atom stereocenters. The van der Waals surface area contributed by atoms with Crippen LogP contribution in [0.15, 0.2) is 24.3 Å². The van der Waals surface area contributed by atoms with Gasteiger partial charge in [-0.15, -0.1) is 0 Å². The van der Waals surface area contributed by atoms with Gasteiger partial charge in [-0.2, -0.15) is 11.8 Å². The van der Waals surface area contributed by atoms with E-state index in [1.165, 1.54) is 19.8 Å². The van der Waals surface area contributed by atoms with Crippen molar-refractivity contribution in [2.75, 3.05) is 11.1 Å². The summed E-state index contributed by atoms with van der Waals surface area (Å²) < 4.78 is 0. The zero-order valence-electron chi connectivity index (χ0n) is 13.2. The van der Waals surface area contributed by atoms with Gasteiger partial charge in [0.05, 0.1) is 0 Å². The third-order valence-electron chi connectivity index (χ3n) is 3.83. The lowest BCUT2D eigenvalue weighted by Crippen LogP contribution is -2.39. The van der Waals surface area contributed by atoms with Gasteiger partial charge < -0.3 is 10.6 Å². The molecule has 0 aromatic heterocycles. The van der Waals surface area contributed by atoms with Crippen LogP contribution >= 0.6 is 11.8 Å². The van der Waals surface area contributed by atoms with Gasteiger partial charge in [0, 0.05) is 29.5 Å². The van der Waals surface area contributed by atoms with Crippen molar-refractivity contribution in [2.24, 2.45) is 0 Å². The number of amides is 2. The maximum atomic E-state index is 12.3. The SMILES string of the molecule is CCS[C@@H]1CCC[C@H](NC(=O)c2ccc(NC(C)=O)cc2)C1. The van der Waals surface area contributed by atoms with E-state index in [0.717, 1.165) is 18.6 Å². The first-order chi connectivity index (χ1) is 10.6. The number of benzene rings is 1. The van der Waals surface area contributed by atoms with Crippen molar-refractivity contribution >= 4 is 29.3 Å². The molecule has 2 amide bonds. The number of thioether (sulfide) groups is 1. The van der Waals surface area contributed by atoms with Crippen LogP contribution in [0, 0.1) is 0 Å². The number of anilines is 1. The molecule has 0 spiro atoms. The Bertz CT molecular complexity index is 514. The van der Waals surface area contributed by atoms with Crippen molar-refractivity contribution in [3.63, 3.8) is 0 Å². The molecule has 1 aromatic rings. The molecule has 1 aliphatic carbocycles. The van der Waals surface area contributed by atoms with E-state index in [1.54, 1.807) is 24.3 Å². The molecule has 2 rings (SSSR count). The van der Waals surface area contributed by atoms with E-state index in [9.17, 15) is 9.59 Å². The highest BCUT2D eigenvalue weighted by Gasteiger charge is 2.23. The molecule has 5 heteroatoms. The van der Waals surface area contributed by atoms with Gasteiger partial charge in [-0.3, -0.25) is 9.59 Å². The summed E-state index contributed by atoms with van der Waals surface area (Å²) in [5.41, 5.74) is 1.35. The molecule has 1 aliphatic rings. The fraction of sp³-hybridized carbons (Fsp3) is 0.529. The largest absolute Gasteiger partial charge is 0.349 e. The van der Waals surface area contributed by atoms with Gasteiger partial charge in [0.15, 0.2) is 0 Å². The Hall–Kier alpha value is -1.49. The summed E-state index contributed by atoms with van der Waals surface area (Å²) in [5.74, 6) is 0.996. The highest BCUT2D eigenvalue weighted by Crippen LogP contribution is 2.28. The number of hydrogen-bond acceptors (Lipinski definition) is 3. The van der Waals surface area contributed by atoms with E-state index < -0.39 is 0 Å². The molecule has 4 nitrogen and oxygen atoms in total. The molecule has 120 valence electrons. The Balaban J connectivity index is 1.89. The van der Waals surface area contributed by atoms with Gasteiger partial charge in [0.1, 0.15) is 0 Å². The molecule has 2 atom stereocenters. The molecule has 1 saturated carbocycles. The molecule has 2 N–H and O–H groups in total. The number of rotatable bonds is 5. The second-order valence-electron chi connectivity index (χ2n) is 5.67. The van der Waals surface area contributed by atoms with Gasteiger partial charge in [-0.05, 0) is 49.3 Å². The lowest BCUT2D eigenvalue weighted by atomic mass is 9.94. The minimum atomic E-state index is -0.112. The maximum absolute atomic E-state index is 12.3. The standard InChI is InChI=1S/C17H24N2O2S/c1-3-22-16-6-4-5-15(11-16)19-17(21)13-7-9-14(10-8-13)18-12(2)20/h7-10,15-16H,3-6,11H2,1-2H3,(H,18,20)(H,19,21)/t15-,16+/m0/s1. The van der Waals surface area contributed by atoms with Crippen molar-refractivity contribution in [1.29, 1.82) is 0 Å². The van der Waals surface area contributed by atoms with E-state index in [-0.39, 0.29) is 17.9 Å². The predicted octanol–water partition coefficient (Wildman–Crippen LogP) is 3.44. The fourth-order valence-corrected chi connectivity index (χ4v) is 4.01. The van der Waals surface area contributed by atoms with Gasteiger partial charge >= 0.3 is 0 Å². The summed E-state index contributed by atoms with van der Waals surface area (Å²) in [6, 6.07) is 7.30. The van der Waals surface area contributed by atoms with Gasteiger partial charge in [-0.25, -0.2) is 0 Å². The summed E-state index contributed by atoms with van der Waals surface area (Å²) >= 11 is 1.99. The Kier molecular flexibility index (Phi) is 6.31. The quantitative estimate of drug-likeness (QED) is 0.874. The summed E-state index contributed by atoms with van der Waals surface area (Å²) in [5, 5.41) is 6.52. The number of carbonyl (C=O) groups is 2.